The minimum absolute atomic E-state index is 0.0723. The molecule has 11 heteroatoms. The number of nitrogens with one attached hydrogen (secondary N) is 1. The molecule has 0 bridgehead atoms. The van der Waals surface area contributed by atoms with E-state index in [1.54, 1.807) is 30.3 Å². The highest BCUT2D eigenvalue weighted by atomic mass is 35.5. The van der Waals surface area contributed by atoms with Gasteiger partial charge in [-0.2, -0.15) is 4.31 Å². The lowest BCUT2D eigenvalue weighted by Crippen LogP contribution is -2.44. The standard InChI is InChI=1S/C21H22ClN3O5S2/c22-17-7-6-16(12-19(17)32(28,29)24-8-10-30-11-9-24)23-20(26)18-13-31-14-25(18)21(27)15-4-2-1-3-5-15/h1-7,12,18H,8-11,13-14H2,(H,23,26)/t18-/m0/s1. The van der Waals surface area contributed by atoms with Crippen molar-refractivity contribution in [1.82, 2.24) is 9.21 Å². The van der Waals surface area contributed by atoms with Crippen LogP contribution in [0.3, 0.4) is 0 Å². The lowest BCUT2D eigenvalue weighted by atomic mass is 10.1. The molecule has 0 saturated carbocycles. The van der Waals surface area contributed by atoms with E-state index in [9.17, 15) is 18.0 Å². The van der Waals surface area contributed by atoms with Gasteiger partial charge in [-0.05, 0) is 30.3 Å². The topological polar surface area (TPSA) is 96.0 Å². The first-order chi connectivity index (χ1) is 15.4. The highest BCUT2D eigenvalue weighted by Crippen LogP contribution is 2.29. The first kappa shape index (κ1) is 23.1. The summed E-state index contributed by atoms with van der Waals surface area (Å²) in [5, 5.41) is 2.83. The van der Waals surface area contributed by atoms with Crippen molar-refractivity contribution in [2.24, 2.45) is 0 Å². The molecule has 2 saturated heterocycles. The molecule has 2 heterocycles. The Balaban J connectivity index is 1.52. The number of hydrogen-bond acceptors (Lipinski definition) is 6. The van der Waals surface area contributed by atoms with Crippen LogP contribution in [0.15, 0.2) is 53.4 Å². The number of nitrogens with zero attached hydrogens (tertiary/aromatic N) is 2. The van der Waals surface area contributed by atoms with Gasteiger partial charge in [-0.1, -0.05) is 29.8 Å². The van der Waals surface area contributed by atoms with Crippen LogP contribution in [0.25, 0.3) is 0 Å². The van der Waals surface area contributed by atoms with E-state index >= 15 is 0 Å². The molecule has 1 N–H and O–H groups in total. The molecule has 2 aromatic rings. The summed E-state index contributed by atoms with van der Waals surface area (Å²) in [5.41, 5.74) is 0.813. The quantitative estimate of drug-likeness (QED) is 0.684. The fraction of sp³-hybridized carbons (Fsp3) is 0.333. The lowest BCUT2D eigenvalue weighted by Gasteiger charge is -2.26. The van der Waals surface area contributed by atoms with E-state index in [-0.39, 0.29) is 34.8 Å². The number of carbonyl (C=O) groups excluding carboxylic acids is 2. The number of hydrogen-bond donors (Lipinski definition) is 1. The third-order valence-electron chi connectivity index (χ3n) is 5.25. The van der Waals surface area contributed by atoms with E-state index in [0.717, 1.165) is 0 Å². The number of benzene rings is 2. The Hall–Kier alpha value is -2.11. The maximum Gasteiger partial charge on any atom is 0.255 e. The number of amides is 2. The molecule has 0 aliphatic carbocycles. The van der Waals surface area contributed by atoms with Crippen LogP contribution in [-0.2, 0) is 19.6 Å². The van der Waals surface area contributed by atoms with Crippen molar-refractivity contribution < 1.29 is 22.7 Å². The highest BCUT2D eigenvalue weighted by Gasteiger charge is 2.35. The van der Waals surface area contributed by atoms with Gasteiger partial charge < -0.3 is 15.0 Å². The average molecular weight is 496 g/mol. The second-order valence-corrected chi connectivity index (χ2v) is 10.6. The van der Waals surface area contributed by atoms with Gasteiger partial charge in [0, 0.05) is 30.1 Å². The third kappa shape index (κ3) is 4.79. The van der Waals surface area contributed by atoms with Crippen molar-refractivity contribution in [1.29, 1.82) is 0 Å². The Morgan fingerprint density at radius 2 is 1.81 bits per heavy atom. The number of halogens is 1. The molecule has 1 atom stereocenters. The maximum atomic E-state index is 13.0. The molecule has 0 spiro atoms. The Bertz CT molecular complexity index is 1110. The smallest absolute Gasteiger partial charge is 0.255 e. The van der Waals surface area contributed by atoms with E-state index in [2.05, 4.69) is 5.32 Å². The van der Waals surface area contributed by atoms with Gasteiger partial charge in [-0.3, -0.25) is 9.59 Å². The van der Waals surface area contributed by atoms with Crippen molar-refractivity contribution in [3.05, 3.63) is 59.1 Å². The largest absolute Gasteiger partial charge is 0.379 e. The molecular weight excluding hydrogens is 474 g/mol. The fourth-order valence-electron chi connectivity index (χ4n) is 3.54. The van der Waals surface area contributed by atoms with E-state index in [0.29, 0.717) is 36.1 Å². The number of thioether (sulfide) groups is 1. The number of rotatable bonds is 5. The molecule has 2 aliphatic heterocycles. The summed E-state index contributed by atoms with van der Waals surface area (Å²) in [5.74, 6) is 0.263. The summed E-state index contributed by atoms with van der Waals surface area (Å²) in [6.45, 7) is 1.12. The number of carbonyl (C=O) groups is 2. The molecule has 4 rings (SSSR count). The summed E-state index contributed by atoms with van der Waals surface area (Å²) < 4.78 is 32.6. The number of sulfonamides is 1. The van der Waals surface area contributed by atoms with Gasteiger partial charge in [0.25, 0.3) is 5.91 Å². The zero-order valence-electron chi connectivity index (χ0n) is 17.1. The van der Waals surface area contributed by atoms with Gasteiger partial charge in [0.1, 0.15) is 10.9 Å². The molecule has 0 radical (unpaired) electrons. The molecule has 170 valence electrons. The normalized spacial score (nSPS) is 19.7. The van der Waals surface area contributed by atoms with E-state index in [1.807, 2.05) is 6.07 Å². The van der Waals surface area contributed by atoms with Gasteiger partial charge in [0.15, 0.2) is 0 Å². The van der Waals surface area contributed by atoms with E-state index < -0.39 is 16.1 Å². The molecular formula is C21H22ClN3O5S2. The second-order valence-electron chi connectivity index (χ2n) is 7.31. The lowest BCUT2D eigenvalue weighted by molar-refractivity contribution is -0.119. The molecule has 2 aliphatic rings. The molecule has 0 aromatic heterocycles. The molecule has 8 nitrogen and oxygen atoms in total. The van der Waals surface area contributed by atoms with Gasteiger partial charge in [0.2, 0.25) is 15.9 Å². The Labute approximate surface area is 195 Å². The predicted molar refractivity (Wildman–Crippen MR) is 123 cm³/mol. The highest BCUT2D eigenvalue weighted by molar-refractivity contribution is 7.99. The minimum atomic E-state index is -3.83. The summed E-state index contributed by atoms with van der Waals surface area (Å²) in [6, 6.07) is 12.5. The molecule has 2 aromatic carbocycles. The van der Waals surface area contributed by atoms with Crippen LogP contribution in [0.4, 0.5) is 5.69 Å². The third-order valence-corrected chi connectivity index (χ3v) is 8.65. The minimum Gasteiger partial charge on any atom is -0.379 e. The van der Waals surface area contributed by atoms with Crippen LogP contribution >= 0.6 is 23.4 Å². The van der Waals surface area contributed by atoms with Crippen LogP contribution in [0.2, 0.25) is 5.02 Å². The van der Waals surface area contributed by atoms with Gasteiger partial charge in [-0.25, -0.2) is 8.42 Å². The second kappa shape index (κ2) is 9.80. The Kier molecular flexibility index (Phi) is 7.06. The molecule has 2 amide bonds. The monoisotopic (exact) mass is 495 g/mol. The van der Waals surface area contributed by atoms with Crippen LogP contribution in [0, 0.1) is 0 Å². The van der Waals surface area contributed by atoms with Crippen LogP contribution in [0.1, 0.15) is 10.4 Å². The van der Waals surface area contributed by atoms with Gasteiger partial charge in [-0.15, -0.1) is 11.8 Å². The van der Waals surface area contributed by atoms with Crippen molar-refractivity contribution in [2.75, 3.05) is 43.2 Å². The number of morpholine rings is 1. The van der Waals surface area contributed by atoms with Crippen molar-refractivity contribution in [3.63, 3.8) is 0 Å². The number of ether oxygens (including phenoxy) is 1. The summed E-state index contributed by atoms with van der Waals surface area (Å²) in [6.07, 6.45) is 0. The average Bonchev–Trinajstić information content (AvgIpc) is 3.31. The first-order valence-electron chi connectivity index (χ1n) is 10.00. The fourth-order valence-corrected chi connectivity index (χ4v) is 6.60. The van der Waals surface area contributed by atoms with Crippen molar-refractivity contribution in [3.8, 4) is 0 Å². The van der Waals surface area contributed by atoms with Gasteiger partial charge in [0.05, 0.1) is 24.1 Å². The molecule has 2 fully saturated rings. The molecule has 0 unspecified atom stereocenters. The van der Waals surface area contributed by atoms with E-state index in [1.165, 1.54) is 33.1 Å². The summed E-state index contributed by atoms with van der Waals surface area (Å²) in [7, 11) is -3.83. The van der Waals surface area contributed by atoms with Crippen LogP contribution in [0.5, 0.6) is 0 Å². The van der Waals surface area contributed by atoms with E-state index in [4.69, 9.17) is 16.3 Å². The zero-order chi connectivity index (χ0) is 22.7. The Morgan fingerprint density at radius 1 is 1.09 bits per heavy atom. The zero-order valence-corrected chi connectivity index (χ0v) is 19.5. The SMILES string of the molecule is O=C(Nc1ccc(Cl)c(S(=O)(=O)N2CCOCC2)c1)[C@@H]1CSCN1C(=O)c1ccccc1. The molecule has 32 heavy (non-hydrogen) atoms. The predicted octanol–water partition coefficient (Wildman–Crippen LogP) is 2.51. The summed E-state index contributed by atoms with van der Waals surface area (Å²) in [4.78, 5) is 27.3. The first-order valence-corrected chi connectivity index (χ1v) is 13.0. The Morgan fingerprint density at radius 3 is 2.53 bits per heavy atom. The van der Waals surface area contributed by atoms with Crippen LogP contribution in [-0.4, -0.2) is 73.4 Å². The number of anilines is 1. The van der Waals surface area contributed by atoms with Crippen molar-refractivity contribution in [2.45, 2.75) is 10.9 Å². The maximum absolute atomic E-state index is 13.0. The van der Waals surface area contributed by atoms with Gasteiger partial charge >= 0.3 is 0 Å². The van der Waals surface area contributed by atoms with Crippen molar-refractivity contribution >= 4 is 50.9 Å². The summed E-state index contributed by atoms with van der Waals surface area (Å²) >= 11 is 7.68. The van der Waals surface area contributed by atoms with Crippen LogP contribution < -0.4 is 5.32 Å².